The van der Waals surface area contributed by atoms with E-state index in [0.29, 0.717) is 22.9 Å². The maximum Gasteiger partial charge on any atom is 0.318 e. The van der Waals surface area contributed by atoms with Crippen molar-refractivity contribution in [2.75, 3.05) is 12.4 Å². The first-order valence-corrected chi connectivity index (χ1v) is 5.90. The summed E-state index contributed by atoms with van der Waals surface area (Å²) in [6.07, 6.45) is 5.16. The summed E-state index contributed by atoms with van der Waals surface area (Å²) in [4.78, 5) is 8.14. The molecule has 1 heterocycles. The van der Waals surface area contributed by atoms with Gasteiger partial charge >= 0.3 is 6.01 Å². The average Bonchev–Trinajstić information content (AvgIpc) is 2.67. The molecule has 16 heavy (non-hydrogen) atoms. The number of ether oxygens (including phenoxy) is 1. The van der Waals surface area contributed by atoms with Gasteiger partial charge in [0, 0.05) is 6.04 Å². The van der Waals surface area contributed by atoms with Gasteiger partial charge in [-0.05, 0) is 25.2 Å². The Labute approximate surface area is 100 Å². The van der Waals surface area contributed by atoms with Gasteiger partial charge in [0.2, 0.25) is 0 Å². The van der Waals surface area contributed by atoms with Gasteiger partial charge in [-0.25, -0.2) is 4.98 Å². The van der Waals surface area contributed by atoms with E-state index in [0.717, 1.165) is 5.92 Å². The zero-order valence-corrected chi connectivity index (χ0v) is 10.3. The van der Waals surface area contributed by atoms with E-state index in [1.165, 1.54) is 19.3 Å². The second-order valence-electron chi connectivity index (χ2n) is 4.31. The summed E-state index contributed by atoms with van der Waals surface area (Å²) in [5.41, 5.74) is 0. The molecule has 1 aliphatic carbocycles. The minimum atomic E-state index is 0.345. The van der Waals surface area contributed by atoms with Gasteiger partial charge < -0.3 is 10.1 Å². The molecule has 0 amide bonds. The van der Waals surface area contributed by atoms with Crippen molar-refractivity contribution in [3.05, 3.63) is 11.2 Å². The number of methoxy groups -OCH3 is 1. The second kappa shape index (κ2) is 4.87. The van der Waals surface area contributed by atoms with Gasteiger partial charge in [0.05, 0.1) is 13.3 Å². The molecule has 1 aliphatic rings. The maximum absolute atomic E-state index is 6.02. The molecule has 2 unspecified atom stereocenters. The van der Waals surface area contributed by atoms with Gasteiger partial charge in [-0.1, -0.05) is 18.5 Å². The van der Waals surface area contributed by atoms with Crippen molar-refractivity contribution in [2.24, 2.45) is 5.92 Å². The monoisotopic (exact) mass is 241 g/mol. The SMILES string of the molecule is COc1ncc(Cl)c(NC2CCC(C)C2)n1. The third-order valence-corrected chi connectivity index (χ3v) is 3.22. The highest BCUT2D eigenvalue weighted by Gasteiger charge is 2.22. The Morgan fingerprint density at radius 1 is 1.50 bits per heavy atom. The summed E-state index contributed by atoms with van der Waals surface area (Å²) < 4.78 is 4.97. The number of nitrogens with zero attached hydrogens (tertiary/aromatic N) is 2. The Kier molecular flexibility index (Phi) is 3.49. The third kappa shape index (κ3) is 2.55. The maximum atomic E-state index is 6.02. The molecule has 4 nitrogen and oxygen atoms in total. The Morgan fingerprint density at radius 3 is 2.94 bits per heavy atom. The predicted molar refractivity (Wildman–Crippen MR) is 64.0 cm³/mol. The van der Waals surface area contributed by atoms with E-state index >= 15 is 0 Å². The highest BCUT2D eigenvalue weighted by molar-refractivity contribution is 6.32. The van der Waals surface area contributed by atoms with Gasteiger partial charge in [0.1, 0.15) is 5.02 Å². The molecule has 1 N–H and O–H groups in total. The minimum absolute atomic E-state index is 0.345. The number of aromatic nitrogens is 2. The molecule has 88 valence electrons. The minimum Gasteiger partial charge on any atom is -0.467 e. The van der Waals surface area contributed by atoms with E-state index in [-0.39, 0.29) is 0 Å². The lowest BCUT2D eigenvalue weighted by Crippen LogP contribution is -2.16. The summed E-state index contributed by atoms with van der Waals surface area (Å²) in [5.74, 6) is 1.45. The molecule has 2 rings (SSSR count). The predicted octanol–water partition coefficient (Wildman–Crippen LogP) is 2.74. The first kappa shape index (κ1) is 11.5. The highest BCUT2D eigenvalue weighted by atomic mass is 35.5. The molecule has 0 radical (unpaired) electrons. The lowest BCUT2D eigenvalue weighted by molar-refractivity contribution is 0.380. The fourth-order valence-corrected chi connectivity index (χ4v) is 2.23. The van der Waals surface area contributed by atoms with E-state index in [9.17, 15) is 0 Å². The first-order chi connectivity index (χ1) is 7.69. The van der Waals surface area contributed by atoms with Gasteiger partial charge in [0.25, 0.3) is 0 Å². The standard InChI is InChI=1S/C11H16ClN3O/c1-7-3-4-8(5-7)14-10-9(12)6-13-11(15-10)16-2/h6-8H,3-5H2,1-2H3,(H,13,14,15). The fourth-order valence-electron chi connectivity index (χ4n) is 2.08. The van der Waals surface area contributed by atoms with Crippen molar-refractivity contribution in [1.82, 2.24) is 9.97 Å². The second-order valence-corrected chi connectivity index (χ2v) is 4.72. The van der Waals surface area contributed by atoms with Crippen LogP contribution in [0.3, 0.4) is 0 Å². The van der Waals surface area contributed by atoms with E-state index in [1.54, 1.807) is 13.3 Å². The van der Waals surface area contributed by atoms with E-state index < -0.39 is 0 Å². The zero-order chi connectivity index (χ0) is 11.5. The van der Waals surface area contributed by atoms with Crippen LogP contribution in [0, 0.1) is 5.92 Å². The van der Waals surface area contributed by atoms with Crippen LogP contribution in [0.2, 0.25) is 5.02 Å². The lowest BCUT2D eigenvalue weighted by Gasteiger charge is -2.14. The molecule has 1 fully saturated rings. The number of nitrogens with one attached hydrogen (secondary N) is 1. The largest absolute Gasteiger partial charge is 0.467 e. The highest BCUT2D eigenvalue weighted by Crippen LogP contribution is 2.29. The quantitative estimate of drug-likeness (QED) is 0.884. The van der Waals surface area contributed by atoms with Crippen LogP contribution in [0.4, 0.5) is 5.82 Å². The van der Waals surface area contributed by atoms with Crippen LogP contribution in [0.25, 0.3) is 0 Å². The molecular weight excluding hydrogens is 226 g/mol. The van der Waals surface area contributed by atoms with Crippen molar-refractivity contribution in [3.8, 4) is 6.01 Å². The summed E-state index contributed by atoms with van der Waals surface area (Å²) in [6.45, 7) is 2.27. The smallest absolute Gasteiger partial charge is 0.318 e. The number of halogens is 1. The Bertz CT molecular complexity index is 372. The molecule has 1 saturated carbocycles. The molecule has 1 aromatic rings. The van der Waals surface area contributed by atoms with Crippen LogP contribution < -0.4 is 10.1 Å². The van der Waals surface area contributed by atoms with Crippen molar-refractivity contribution < 1.29 is 4.74 Å². The van der Waals surface area contributed by atoms with Crippen LogP contribution in [-0.4, -0.2) is 23.1 Å². The van der Waals surface area contributed by atoms with Crippen LogP contribution in [0.15, 0.2) is 6.20 Å². The number of anilines is 1. The lowest BCUT2D eigenvalue weighted by atomic mass is 10.1. The molecule has 1 aromatic heterocycles. The molecule has 0 saturated heterocycles. The molecule has 0 spiro atoms. The zero-order valence-electron chi connectivity index (χ0n) is 9.53. The van der Waals surface area contributed by atoms with Gasteiger partial charge in [-0.3, -0.25) is 0 Å². The topological polar surface area (TPSA) is 47.0 Å². The summed E-state index contributed by atoms with van der Waals surface area (Å²) in [6, 6.07) is 0.810. The van der Waals surface area contributed by atoms with Gasteiger partial charge in [-0.15, -0.1) is 0 Å². The molecule has 0 aromatic carbocycles. The Balaban J connectivity index is 2.08. The first-order valence-electron chi connectivity index (χ1n) is 5.52. The van der Waals surface area contributed by atoms with Crippen molar-refractivity contribution in [1.29, 1.82) is 0 Å². The van der Waals surface area contributed by atoms with Crippen molar-refractivity contribution >= 4 is 17.4 Å². The van der Waals surface area contributed by atoms with Crippen LogP contribution in [0.5, 0.6) is 6.01 Å². The average molecular weight is 242 g/mol. The summed E-state index contributed by atoms with van der Waals surface area (Å²) in [7, 11) is 1.55. The number of hydrogen-bond donors (Lipinski definition) is 1. The van der Waals surface area contributed by atoms with Crippen LogP contribution in [0.1, 0.15) is 26.2 Å². The summed E-state index contributed by atoms with van der Waals surface area (Å²) >= 11 is 6.02. The molecule has 0 bridgehead atoms. The molecule has 2 atom stereocenters. The summed E-state index contributed by atoms with van der Waals surface area (Å²) in [5, 5.41) is 3.89. The Hall–Kier alpha value is -1.03. The van der Waals surface area contributed by atoms with Gasteiger partial charge in [0.15, 0.2) is 5.82 Å². The normalized spacial score (nSPS) is 24.4. The van der Waals surface area contributed by atoms with Crippen molar-refractivity contribution in [3.63, 3.8) is 0 Å². The van der Waals surface area contributed by atoms with E-state index in [4.69, 9.17) is 16.3 Å². The van der Waals surface area contributed by atoms with Crippen molar-refractivity contribution in [2.45, 2.75) is 32.2 Å². The number of rotatable bonds is 3. The molecule has 0 aliphatic heterocycles. The number of hydrogen-bond acceptors (Lipinski definition) is 4. The molecule has 5 heteroatoms. The Morgan fingerprint density at radius 2 is 2.31 bits per heavy atom. The van der Waals surface area contributed by atoms with E-state index in [2.05, 4.69) is 22.2 Å². The van der Waals surface area contributed by atoms with E-state index in [1.807, 2.05) is 0 Å². The molecular formula is C11H16ClN3O. The van der Waals surface area contributed by atoms with Crippen LogP contribution in [-0.2, 0) is 0 Å². The fraction of sp³-hybridized carbons (Fsp3) is 0.636. The van der Waals surface area contributed by atoms with Gasteiger partial charge in [-0.2, -0.15) is 4.98 Å². The van der Waals surface area contributed by atoms with Crippen LogP contribution >= 0.6 is 11.6 Å². The third-order valence-electron chi connectivity index (χ3n) is 2.94.